The van der Waals surface area contributed by atoms with Crippen molar-refractivity contribution in [2.75, 3.05) is 7.11 Å². The normalized spacial score (nSPS) is 12.1. The van der Waals surface area contributed by atoms with Crippen LogP contribution >= 0.6 is 0 Å². The number of rotatable bonds is 4. The molecule has 0 aliphatic rings. The van der Waals surface area contributed by atoms with E-state index >= 15 is 0 Å². The molecule has 0 saturated carbocycles. The number of aliphatic hydroxyl groups is 1. The van der Waals surface area contributed by atoms with Crippen molar-refractivity contribution in [3.63, 3.8) is 0 Å². The smallest absolute Gasteiger partial charge is 0.136 e. The van der Waals surface area contributed by atoms with Gasteiger partial charge >= 0.3 is 0 Å². The second-order valence-corrected chi connectivity index (χ2v) is 4.56. The van der Waals surface area contributed by atoms with E-state index in [0.29, 0.717) is 28.4 Å². The van der Waals surface area contributed by atoms with Gasteiger partial charge < -0.3 is 14.6 Å². The standard InChI is InChI=1S/C16H17FO3/c1-10-9-12(7-8-13(10)17)20-15-6-4-5-14(19-3)16(15)11(2)18/h4-9,11,18H,1-3H3/t11-/m0/s1. The number of aryl methyl sites for hydroxylation is 1. The highest BCUT2D eigenvalue weighted by molar-refractivity contribution is 5.48. The van der Waals surface area contributed by atoms with Crippen LogP contribution in [0.15, 0.2) is 36.4 Å². The first kappa shape index (κ1) is 14.3. The third-order valence-corrected chi connectivity index (χ3v) is 3.02. The van der Waals surface area contributed by atoms with Crippen LogP contribution in [-0.4, -0.2) is 12.2 Å². The predicted octanol–water partition coefficient (Wildman–Crippen LogP) is 3.99. The number of methoxy groups -OCH3 is 1. The van der Waals surface area contributed by atoms with E-state index in [4.69, 9.17) is 9.47 Å². The Morgan fingerprint density at radius 1 is 1.15 bits per heavy atom. The zero-order valence-corrected chi connectivity index (χ0v) is 11.7. The number of hydrogen-bond acceptors (Lipinski definition) is 3. The van der Waals surface area contributed by atoms with Crippen molar-refractivity contribution in [3.8, 4) is 17.2 Å². The molecule has 0 radical (unpaired) electrons. The molecule has 2 aromatic carbocycles. The van der Waals surface area contributed by atoms with Gasteiger partial charge in [0, 0.05) is 0 Å². The van der Waals surface area contributed by atoms with Crippen molar-refractivity contribution in [2.24, 2.45) is 0 Å². The van der Waals surface area contributed by atoms with E-state index in [1.54, 1.807) is 44.2 Å². The highest BCUT2D eigenvalue weighted by Gasteiger charge is 2.16. The Morgan fingerprint density at radius 2 is 1.85 bits per heavy atom. The fourth-order valence-electron chi connectivity index (χ4n) is 2.01. The van der Waals surface area contributed by atoms with Crippen molar-refractivity contribution in [1.29, 1.82) is 0 Å². The van der Waals surface area contributed by atoms with Crippen LogP contribution in [-0.2, 0) is 0 Å². The minimum atomic E-state index is -0.734. The molecular formula is C16H17FO3. The molecule has 0 fully saturated rings. The van der Waals surface area contributed by atoms with Crippen LogP contribution < -0.4 is 9.47 Å². The van der Waals surface area contributed by atoms with E-state index in [-0.39, 0.29) is 5.82 Å². The second kappa shape index (κ2) is 5.92. The zero-order valence-electron chi connectivity index (χ0n) is 11.7. The fraction of sp³-hybridized carbons (Fsp3) is 0.250. The van der Waals surface area contributed by atoms with Gasteiger partial charge in [0.1, 0.15) is 23.1 Å². The van der Waals surface area contributed by atoms with Gasteiger partial charge in [-0.3, -0.25) is 0 Å². The Hall–Kier alpha value is -2.07. The lowest BCUT2D eigenvalue weighted by molar-refractivity contribution is 0.190. The Balaban J connectivity index is 2.40. The molecule has 2 aromatic rings. The monoisotopic (exact) mass is 276 g/mol. The summed E-state index contributed by atoms with van der Waals surface area (Å²) in [4.78, 5) is 0. The van der Waals surface area contributed by atoms with Gasteiger partial charge in [0.05, 0.1) is 18.8 Å². The zero-order chi connectivity index (χ0) is 14.7. The van der Waals surface area contributed by atoms with Gasteiger partial charge in [-0.05, 0) is 49.7 Å². The molecule has 1 atom stereocenters. The number of halogens is 1. The topological polar surface area (TPSA) is 38.7 Å². The molecule has 20 heavy (non-hydrogen) atoms. The van der Waals surface area contributed by atoms with Gasteiger partial charge in [0.15, 0.2) is 0 Å². The van der Waals surface area contributed by atoms with Gasteiger partial charge in [0.25, 0.3) is 0 Å². The molecule has 0 aromatic heterocycles. The molecule has 0 aliphatic carbocycles. The van der Waals surface area contributed by atoms with E-state index in [9.17, 15) is 9.50 Å². The largest absolute Gasteiger partial charge is 0.496 e. The van der Waals surface area contributed by atoms with Crippen LogP contribution in [0.2, 0.25) is 0 Å². The number of benzene rings is 2. The first-order valence-electron chi connectivity index (χ1n) is 6.32. The maximum Gasteiger partial charge on any atom is 0.136 e. The molecule has 106 valence electrons. The van der Waals surface area contributed by atoms with Gasteiger partial charge in [-0.15, -0.1) is 0 Å². The summed E-state index contributed by atoms with van der Waals surface area (Å²) in [7, 11) is 1.53. The van der Waals surface area contributed by atoms with Crippen LogP contribution in [0.3, 0.4) is 0 Å². The van der Waals surface area contributed by atoms with Crippen molar-refractivity contribution in [3.05, 3.63) is 53.3 Å². The number of ether oxygens (including phenoxy) is 2. The van der Waals surface area contributed by atoms with E-state index in [0.717, 1.165) is 0 Å². The average molecular weight is 276 g/mol. The number of hydrogen-bond donors (Lipinski definition) is 1. The molecule has 0 aliphatic heterocycles. The van der Waals surface area contributed by atoms with Gasteiger partial charge in [0.2, 0.25) is 0 Å². The van der Waals surface area contributed by atoms with Crippen LogP contribution in [0, 0.1) is 12.7 Å². The summed E-state index contributed by atoms with van der Waals surface area (Å²) in [6.45, 7) is 3.31. The van der Waals surface area contributed by atoms with E-state index in [1.165, 1.54) is 13.2 Å². The summed E-state index contributed by atoms with van der Waals surface area (Å²) in [5.74, 6) is 1.28. The third kappa shape index (κ3) is 2.91. The Labute approximate surface area is 117 Å². The van der Waals surface area contributed by atoms with Gasteiger partial charge in [-0.2, -0.15) is 0 Å². The maximum absolute atomic E-state index is 13.2. The summed E-state index contributed by atoms with van der Waals surface area (Å²) in [5.41, 5.74) is 1.07. The van der Waals surface area contributed by atoms with Crippen molar-refractivity contribution >= 4 is 0 Å². The van der Waals surface area contributed by atoms with Crippen LogP contribution in [0.25, 0.3) is 0 Å². The molecule has 1 N–H and O–H groups in total. The van der Waals surface area contributed by atoms with Gasteiger partial charge in [-0.25, -0.2) is 4.39 Å². The van der Waals surface area contributed by atoms with Gasteiger partial charge in [-0.1, -0.05) is 6.07 Å². The average Bonchev–Trinajstić information content (AvgIpc) is 2.42. The SMILES string of the molecule is COc1cccc(Oc2ccc(F)c(C)c2)c1[C@H](C)O. The molecule has 2 rings (SSSR count). The van der Waals surface area contributed by atoms with Crippen LogP contribution in [0.1, 0.15) is 24.2 Å². The first-order valence-corrected chi connectivity index (χ1v) is 6.32. The third-order valence-electron chi connectivity index (χ3n) is 3.02. The summed E-state index contributed by atoms with van der Waals surface area (Å²) < 4.78 is 24.2. The minimum absolute atomic E-state index is 0.279. The second-order valence-electron chi connectivity index (χ2n) is 4.56. The summed E-state index contributed by atoms with van der Waals surface area (Å²) in [6.07, 6.45) is -0.734. The van der Waals surface area contributed by atoms with E-state index < -0.39 is 6.10 Å². The fourth-order valence-corrected chi connectivity index (χ4v) is 2.01. The molecule has 0 unspecified atom stereocenters. The van der Waals surface area contributed by atoms with Crippen molar-refractivity contribution in [1.82, 2.24) is 0 Å². The number of aliphatic hydroxyl groups excluding tert-OH is 1. The lowest BCUT2D eigenvalue weighted by Crippen LogP contribution is -2.00. The van der Waals surface area contributed by atoms with Crippen molar-refractivity contribution in [2.45, 2.75) is 20.0 Å². The molecular weight excluding hydrogens is 259 g/mol. The van der Waals surface area contributed by atoms with Crippen molar-refractivity contribution < 1.29 is 19.0 Å². The molecule has 0 spiro atoms. The quantitative estimate of drug-likeness (QED) is 0.917. The lowest BCUT2D eigenvalue weighted by atomic mass is 10.1. The molecule has 4 heteroatoms. The van der Waals surface area contributed by atoms with E-state index in [1.807, 2.05) is 0 Å². The molecule has 0 saturated heterocycles. The van der Waals surface area contributed by atoms with Crippen LogP contribution in [0.4, 0.5) is 4.39 Å². The highest BCUT2D eigenvalue weighted by Crippen LogP contribution is 2.36. The Morgan fingerprint density at radius 3 is 2.45 bits per heavy atom. The molecule has 0 heterocycles. The predicted molar refractivity (Wildman–Crippen MR) is 74.8 cm³/mol. The molecule has 0 amide bonds. The summed E-state index contributed by atoms with van der Waals surface area (Å²) in [6, 6.07) is 9.78. The summed E-state index contributed by atoms with van der Waals surface area (Å²) >= 11 is 0. The summed E-state index contributed by atoms with van der Waals surface area (Å²) in [5, 5.41) is 9.87. The maximum atomic E-state index is 13.2. The van der Waals surface area contributed by atoms with Crippen LogP contribution in [0.5, 0.6) is 17.2 Å². The molecule has 0 bridgehead atoms. The first-order chi connectivity index (χ1) is 9.52. The lowest BCUT2D eigenvalue weighted by Gasteiger charge is -2.16. The minimum Gasteiger partial charge on any atom is -0.496 e. The Bertz CT molecular complexity index is 609. The Kier molecular flexibility index (Phi) is 4.25. The van der Waals surface area contributed by atoms with E-state index in [2.05, 4.69) is 0 Å². The molecule has 3 nitrogen and oxygen atoms in total. The highest BCUT2D eigenvalue weighted by atomic mass is 19.1.